The number of aromatic nitrogens is 2. The number of rotatable bonds is 5. The van der Waals surface area contributed by atoms with E-state index in [1.165, 1.54) is 41.4 Å². The topological polar surface area (TPSA) is 87.3 Å². The van der Waals surface area contributed by atoms with Crippen LogP contribution in [0.2, 0.25) is 0 Å². The summed E-state index contributed by atoms with van der Waals surface area (Å²) < 4.78 is 6.88. The molecule has 0 N–H and O–H groups in total. The maximum Gasteiger partial charge on any atom is 0.270 e. The Balaban J connectivity index is 1.69. The fraction of sp³-hybridized carbons (Fsp3) is 0.333. The molecule has 0 aliphatic heterocycles. The van der Waals surface area contributed by atoms with Crippen LogP contribution in [0.1, 0.15) is 22.4 Å². The molecule has 0 saturated heterocycles. The number of methoxy groups -OCH3 is 1. The molecule has 0 spiro atoms. The zero-order chi connectivity index (χ0) is 19.1. The first-order chi connectivity index (χ1) is 13.0. The number of benzene rings is 1. The zero-order valence-corrected chi connectivity index (χ0v) is 16.5. The molecule has 1 aromatic carbocycles. The summed E-state index contributed by atoms with van der Waals surface area (Å²) in [4.78, 5) is 30.2. The quantitative estimate of drug-likeness (QED) is 0.279. The predicted molar refractivity (Wildman–Crippen MR) is 106 cm³/mol. The van der Waals surface area contributed by atoms with Crippen LogP contribution in [0.3, 0.4) is 0 Å². The van der Waals surface area contributed by atoms with Crippen LogP contribution in [0.15, 0.2) is 28.2 Å². The number of hydrogen-bond acceptors (Lipinski definition) is 7. The summed E-state index contributed by atoms with van der Waals surface area (Å²) in [5.41, 5.74) is 1.85. The van der Waals surface area contributed by atoms with E-state index in [1.54, 1.807) is 29.0 Å². The minimum Gasteiger partial charge on any atom is -0.496 e. The van der Waals surface area contributed by atoms with Gasteiger partial charge in [0, 0.05) is 35.4 Å². The van der Waals surface area contributed by atoms with Crippen LogP contribution in [0.25, 0.3) is 10.2 Å². The molecular formula is C18H17N3O4S2. The third-order valence-corrected chi connectivity index (χ3v) is 7.00. The van der Waals surface area contributed by atoms with Gasteiger partial charge >= 0.3 is 0 Å². The van der Waals surface area contributed by atoms with E-state index in [9.17, 15) is 14.9 Å². The van der Waals surface area contributed by atoms with E-state index in [0.29, 0.717) is 22.2 Å². The third kappa shape index (κ3) is 3.10. The Kier molecular flexibility index (Phi) is 4.65. The highest BCUT2D eigenvalue weighted by molar-refractivity contribution is 7.98. The van der Waals surface area contributed by atoms with Crippen LogP contribution < -0.4 is 10.3 Å². The van der Waals surface area contributed by atoms with E-state index < -0.39 is 4.92 Å². The summed E-state index contributed by atoms with van der Waals surface area (Å²) in [6, 6.07) is 4.51. The number of nitro groups is 1. The Hall–Kier alpha value is -2.39. The molecule has 4 rings (SSSR count). The normalized spacial score (nSPS) is 13.1. The molecule has 2 aromatic heterocycles. The van der Waals surface area contributed by atoms with Crippen LogP contribution in [0, 0.1) is 10.1 Å². The van der Waals surface area contributed by atoms with E-state index in [2.05, 4.69) is 0 Å². The van der Waals surface area contributed by atoms with E-state index in [-0.39, 0.29) is 11.2 Å². The fourth-order valence-electron chi connectivity index (χ4n) is 3.37. The van der Waals surface area contributed by atoms with Gasteiger partial charge in [-0.2, -0.15) is 0 Å². The lowest BCUT2D eigenvalue weighted by molar-refractivity contribution is -0.384. The van der Waals surface area contributed by atoms with Crippen molar-refractivity contribution in [1.82, 2.24) is 9.55 Å². The van der Waals surface area contributed by atoms with Gasteiger partial charge in [0.15, 0.2) is 5.16 Å². The molecule has 0 unspecified atom stereocenters. The molecule has 140 valence electrons. The highest BCUT2D eigenvalue weighted by Crippen LogP contribution is 2.36. The number of nitro benzene ring substituents is 1. The number of fused-ring (bicyclic) bond motifs is 3. The van der Waals surface area contributed by atoms with Crippen molar-refractivity contribution in [2.75, 3.05) is 7.11 Å². The van der Waals surface area contributed by atoms with Crippen LogP contribution in [0.4, 0.5) is 5.69 Å². The Morgan fingerprint density at radius 1 is 1.41 bits per heavy atom. The maximum absolute atomic E-state index is 12.9. The van der Waals surface area contributed by atoms with Crippen LogP contribution in [-0.4, -0.2) is 21.6 Å². The summed E-state index contributed by atoms with van der Waals surface area (Å²) in [5, 5.41) is 12.4. The van der Waals surface area contributed by atoms with E-state index in [1.807, 2.05) is 0 Å². The Morgan fingerprint density at radius 2 is 2.22 bits per heavy atom. The fourth-order valence-corrected chi connectivity index (χ4v) is 5.62. The molecule has 27 heavy (non-hydrogen) atoms. The van der Waals surface area contributed by atoms with Gasteiger partial charge in [-0.15, -0.1) is 11.3 Å². The van der Waals surface area contributed by atoms with Crippen LogP contribution in [-0.2, 0) is 25.6 Å². The van der Waals surface area contributed by atoms with Gasteiger partial charge in [0.1, 0.15) is 10.6 Å². The summed E-state index contributed by atoms with van der Waals surface area (Å²) in [7, 11) is 3.25. The average molecular weight is 403 g/mol. The van der Waals surface area contributed by atoms with E-state index in [0.717, 1.165) is 29.5 Å². The smallest absolute Gasteiger partial charge is 0.270 e. The number of hydrogen-bond donors (Lipinski definition) is 0. The van der Waals surface area contributed by atoms with E-state index in [4.69, 9.17) is 9.72 Å². The van der Waals surface area contributed by atoms with Gasteiger partial charge in [-0.25, -0.2) is 4.98 Å². The van der Waals surface area contributed by atoms with Gasteiger partial charge in [0.25, 0.3) is 11.2 Å². The van der Waals surface area contributed by atoms with Gasteiger partial charge in [-0.3, -0.25) is 19.5 Å². The van der Waals surface area contributed by atoms with Crippen molar-refractivity contribution >= 4 is 39.0 Å². The standard InChI is InChI=1S/C18H17N3O4S2/c1-20-17(22)15-12-4-3-5-14(12)27-16(15)19-18(20)26-9-10-8-11(21(23)24)6-7-13(10)25-2/h6-8H,3-5,9H2,1-2H3. The number of ether oxygens (including phenoxy) is 1. The lowest BCUT2D eigenvalue weighted by atomic mass is 10.2. The first kappa shape index (κ1) is 18.0. The number of non-ortho nitro benzene ring substituents is 1. The van der Waals surface area contributed by atoms with Crippen molar-refractivity contribution in [3.05, 3.63) is 54.7 Å². The summed E-state index contributed by atoms with van der Waals surface area (Å²) in [6.07, 6.45) is 3.07. The summed E-state index contributed by atoms with van der Waals surface area (Å²) >= 11 is 2.98. The molecule has 7 nitrogen and oxygen atoms in total. The second-order valence-corrected chi connectivity index (χ2v) is 8.36. The monoisotopic (exact) mass is 403 g/mol. The number of thioether (sulfide) groups is 1. The molecule has 0 fully saturated rings. The first-order valence-electron chi connectivity index (χ1n) is 8.45. The van der Waals surface area contributed by atoms with Crippen LogP contribution >= 0.6 is 23.1 Å². The predicted octanol–water partition coefficient (Wildman–Crippen LogP) is 3.69. The molecule has 1 aliphatic rings. The molecular weight excluding hydrogens is 386 g/mol. The highest BCUT2D eigenvalue weighted by atomic mass is 32.2. The van der Waals surface area contributed by atoms with E-state index >= 15 is 0 Å². The first-order valence-corrected chi connectivity index (χ1v) is 10.2. The maximum atomic E-state index is 12.9. The highest BCUT2D eigenvalue weighted by Gasteiger charge is 2.22. The number of aryl methyl sites for hydroxylation is 2. The molecule has 0 saturated carbocycles. The molecule has 0 atom stereocenters. The van der Waals surface area contributed by atoms with Crippen molar-refractivity contribution in [2.45, 2.75) is 30.2 Å². The summed E-state index contributed by atoms with van der Waals surface area (Å²) in [5.74, 6) is 0.996. The largest absolute Gasteiger partial charge is 0.496 e. The Morgan fingerprint density at radius 3 is 2.96 bits per heavy atom. The summed E-state index contributed by atoms with van der Waals surface area (Å²) in [6.45, 7) is 0. The molecule has 0 bridgehead atoms. The molecule has 0 radical (unpaired) electrons. The number of nitrogens with zero attached hydrogens (tertiary/aromatic N) is 3. The minimum atomic E-state index is -0.430. The molecule has 3 aromatic rings. The van der Waals surface area contributed by atoms with Crippen molar-refractivity contribution in [2.24, 2.45) is 7.05 Å². The lowest BCUT2D eigenvalue weighted by Gasteiger charge is -2.10. The van der Waals surface area contributed by atoms with Crippen molar-refractivity contribution in [3.63, 3.8) is 0 Å². The second-order valence-electron chi connectivity index (χ2n) is 6.34. The minimum absolute atomic E-state index is 0.0124. The Bertz CT molecular complexity index is 1120. The second kappa shape index (κ2) is 6.97. The Labute approximate surface area is 163 Å². The molecule has 1 aliphatic carbocycles. The average Bonchev–Trinajstić information content (AvgIpc) is 3.23. The van der Waals surface area contributed by atoms with Gasteiger partial charge < -0.3 is 4.74 Å². The van der Waals surface area contributed by atoms with Gasteiger partial charge in [0.2, 0.25) is 0 Å². The van der Waals surface area contributed by atoms with Crippen LogP contribution in [0.5, 0.6) is 5.75 Å². The van der Waals surface area contributed by atoms with Gasteiger partial charge in [-0.1, -0.05) is 11.8 Å². The third-order valence-electron chi connectivity index (χ3n) is 4.74. The zero-order valence-electron chi connectivity index (χ0n) is 14.9. The molecule has 0 amide bonds. The SMILES string of the molecule is COc1ccc([N+](=O)[O-])cc1CSc1nc2sc3c(c2c(=O)n1C)CCC3. The van der Waals surface area contributed by atoms with Crippen molar-refractivity contribution in [3.8, 4) is 5.75 Å². The number of thiophene rings is 1. The van der Waals surface area contributed by atoms with Gasteiger partial charge in [0.05, 0.1) is 17.4 Å². The lowest BCUT2D eigenvalue weighted by Crippen LogP contribution is -2.20. The molecule has 9 heteroatoms. The van der Waals surface area contributed by atoms with Crippen molar-refractivity contribution < 1.29 is 9.66 Å². The van der Waals surface area contributed by atoms with Crippen molar-refractivity contribution in [1.29, 1.82) is 0 Å². The molecule has 2 heterocycles. The van der Waals surface area contributed by atoms with Gasteiger partial charge in [-0.05, 0) is 30.9 Å².